The molecule has 2 amide bonds. The van der Waals surface area contributed by atoms with Crippen LogP contribution in [0.4, 0.5) is 5.69 Å². The summed E-state index contributed by atoms with van der Waals surface area (Å²) in [7, 11) is 0. The zero-order valence-electron chi connectivity index (χ0n) is 20.0. The highest BCUT2D eigenvalue weighted by Gasteiger charge is 2.37. The number of carbonyl (C=O) groups excluding carboxylic acids is 3. The molecule has 0 unspecified atom stereocenters. The average molecular weight is 485 g/mol. The number of ether oxygens (including phenoxy) is 1. The molecule has 0 fully saturated rings. The average Bonchev–Trinajstić information content (AvgIpc) is 3.36. The van der Waals surface area contributed by atoms with Gasteiger partial charge in [0.05, 0.1) is 5.69 Å². The van der Waals surface area contributed by atoms with Gasteiger partial charge in [0.1, 0.15) is 11.8 Å². The SMILES string of the molecule is C[C@H](OC(=O)C1=NN(c2ccccc2)[C@H](C(N)=O)C1)C(=O)N(Cc1ccccc1)Cc1ccccc1. The largest absolute Gasteiger partial charge is 0.448 e. The molecule has 4 rings (SSSR count). The standard InChI is InChI=1S/C28H28N4O4/c1-20(27(34)31(18-21-11-5-2-6-12-21)19-22-13-7-3-8-14-22)36-28(35)24-17-25(26(29)33)32(30-24)23-15-9-4-10-16-23/h2-16,20,25H,17-19H2,1H3,(H2,29,33)/t20-,25-/m0/s1. The summed E-state index contributed by atoms with van der Waals surface area (Å²) in [6.07, 6.45) is -1.05. The van der Waals surface area contributed by atoms with Gasteiger partial charge in [-0.25, -0.2) is 4.79 Å². The number of primary amides is 1. The fourth-order valence-electron chi connectivity index (χ4n) is 4.03. The van der Waals surface area contributed by atoms with E-state index in [1.807, 2.05) is 66.7 Å². The minimum Gasteiger partial charge on any atom is -0.448 e. The zero-order chi connectivity index (χ0) is 25.5. The van der Waals surface area contributed by atoms with Gasteiger partial charge < -0.3 is 15.4 Å². The van der Waals surface area contributed by atoms with Crippen molar-refractivity contribution in [2.24, 2.45) is 10.8 Å². The first-order valence-electron chi connectivity index (χ1n) is 11.7. The summed E-state index contributed by atoms with van der Waals surface area (Å²) in [4.78, 5) is 40.0. The Morgan fingerprint density at radius 2 is 1.42 bits per heavy atom. The molecule has 1 aliphatic rings. The number of hydrazone groups is 1. The van der Waals surface area contributed by atoms with Crippen LogP contribution in [0, 0.1) is 0 Å². The van der Waals surface area contributed by atoms with Crippen molar-refractivity contribution in [3.63, 3.8) is 0 Å². The Morgan fingerprint density at radius 1 is 0.917 bits per heavy atom. The maximum atomic E-state index is 13.4. The molecule has 2 N–H and O–H groups in total. The minimum absolute atomic E-state index is 0.00170. The Hall–Kier alpha value is -4.46. The fourth-order valence-corrected chi connectivity index (χ4v) is 4.03. The lowest BCUT2D eigenvalue weighted by molar-refractivity contribution is -0.154. The summed E-state index contributed by atoms with van der Waals surface area (Å²) in [6.45, 7) is 2.27. The molecule has 0 aliphatic carbocycles. The van der Waals surface area contributed by atoms with E-state index in [0.29, 0.717) is 18.8 Å². The number of benzene rings is 3. The molecule has 3 aromatic carbocycles. The van der Waals surface area contributed by atoms with E-state index in [9.17, 15) is 14.4 Å². The highest BCUT2D eigenvalue weighted by molar-refractivity contribution is 6.38. The lowest BCUT2D eigenvalue weighted by Crippen LogP contribution is -2.41. The molecule has 0 radical (unpaired) electrons. The Morgan fingerprint density at radius 3 is 1.92 bits per heavy atom. The van der Waals surface area contributed by atoms with Crippen LogP contribution in [0.3, 0.4) is 0 Å². The van der Waals surface area contributed by atoms with Crippen molar-refractivity contribution in [2.45, 2.75) is 38.6 Å². The number of carbonyl (C=O) groups is 3. The van der Waals surface area contributed by atoms with Crippen LogP contribution in [-0.4, -0.2) is 40.5 Å². The molecule has 184 valence electrons. The normalized spacial score (nSPS) is 15.6. The van der Waals surface area contributed by atoms with Crippen molar-refractivity contribution >= 4 is 29.2 Å². The molecule has 2 atom stereocenters. The number of para-hydroxylation sites is 1. The third kappa shape index (κ3) is 5.96. The number of esters is 1. The number of anilines is 1. The first-order valence-corrected chi connectivity index (χ1v) is 11.7. The summed E-state index contributed by atoms with van der Waals surface area (Å²) in [5, 5.41) is 5.72. The van der Waals surface area contributed by atoms with Crippen LogP contribution in [0.25, 0.3) is 0 Å². The number of rotatable bonds is 9. The van der Waals surface area contributed by atoms with E-state index in [2.05, 4.69) is 5.10 Å². The van der Waals surface area contributed by atoms with Gasteiger partial charge in [0.15, 0.2) is 6.10 Å². The lowest BCUT2D eigenvalue weighted by atomic mass is 10.1. The Labute approximate surface area is 210 Å². The van der Waals surface area contributed by atoms with E-state index in [-0.39, 0.29) is 18.0 Å². The van der Waals surface area contributed by atoms with E-state index >= 15 is 0 Å². The predicted molar refractivity (Wildman–Crippen MR) is 137 cm³/mol. The summed E-state index contributed by atoms with van der Waals surface area (Å²) in [5.41, 5.74) is 8.15. The van der Waals surface area contributed by atoms with E-state index in [1.165, 1.54) is 5.01 Å². The minimum atomic E-state index is -1.05. The zero-order valence-corrected chi connectivity index (χ0v) is 20.0. The lowest BCUT2D eigenvalue weighted by Gasteiger charge is -2.26. The highest BCUT2D eigenvalue weighted by atomic mass is 16.5. The number of hydrogen-bond donors (Lipinski definition) is 1. The van der Waals surface area contributed by atoms with Crippen LogP contribution in [-0.2, 0) is 32.2 Å². The summed E-state index contributed by atoms with van der Waals surface area (Å²) >= 11 is 0. The molecule has 3 aromatic rings. The van der Waals surface area contributed by atoms with Gasteiger partial charge in [0.25, 0.3) is 5.91 Å². The van der Waals surface area contributed by atoms with Crippen molar-refractivity contribution in [2.75, 3.05) is 5.01 Å². The van der Waals surface area contributed by atoms with E-state index in [1.54, 1.807) is 36.1 Å². The Kier molecular flexibility index (Phi) is 7.75. The topological polar surface area (TPSA) is 105 Å². The smallest absolute Gasteiger partial charge is 0.355 e. The number of hydrogen-bond acceptors (Lipinski definition) is 6. The van der Waals surface area contributed by atoms with Gasteiger partial charge in [-0.05, 0) is 30.2 Å². The van der Waals surface area contributed by atoms with Gasteiger partial charge in [-0.15, -0.1) is 0 Å². The van der Waals surface area contributed by atoms with E-state index in [4.69, 9.17) is 10.5 Å². The van der Waals surface area contributed by atoms with Gasteiger partial charge in [-0.1, -0.05) is 78.9 Å². The van der Waals surface area contributed by atoms with E-state index in [0.717, 1.165) is 11.1 Å². The summed E-state index contributed by atoms with van der Waals surface area (Å²) in [5.74, 6) is -1.69. The number of nitrogens with zero attached hydrogens (tertiary/aromatic N) is 3. The molecular weight excluding hydrogens is 456 g/mol. The number of nitrogens with two attached hydrogens (primary N) is 1. The molecule has 0 spiro atoms. The summed E-state index contributed by atoms with van der Waals surface area (Å²) in [6, 6.07) is 27.4. The van der Waals surface area contributed by atoms with E-state index < -0.39 is 24.0 Å². The first kappa shape index (κ1) is 24.7. The molecule has 8 nitrogen and oxygen atoms in total. The number of amides is 2. The highest BCUT2D eigenvalue weighted by Crippen LogP contribution is 2.25. The molecule has 1 heterocycles. The van der Waals surface area contributed by atoms with Crippen LogP contribution >= 0.6 is 0 Å². The van der Waals surface area contributed by atoms with Gasteiger partial charge >= 0.3 is 5.97 Å². The van der Waals surface area contributed by atoms with Gasteiger partial charge in [0, 0.05) is 19.5 Å². The van der Waals surface area contributed by atoms with Gasteiger partial charge in [-0.2, -0.15) is 5.10 Å². The molecule has 0 aromatic heterocycles. The van der Waals surface area contributed by atoms with Crippen LogP contribution in [0.1, 0.15) is 24.5 Å². The van der Waals surface area contributed by atoms with Crippen molar-refractivity contribution in [1.82, 2.24) is 4.90 Å². The molecule has 8 heteroatoms. The monoisotopic (exact) mass is 484 g/mol. The third-order valence-corrected chi connectivity index (χ3v) is 5.87. The Balaban J connectivity index is 1.48. The second kappa shape index (κ2) is 11.3. The van der Waals surface area contributed by atoms with Gasteiger partial charge in [0.2, 0.25) is 5.91 Å². The van der Waals surface area contributed by atoms with Crippen molar-refractivity contribution in [3.8, 4) is 0 Å². The van der Waals surface area contributed by atoms with Crippen molar-refractivity contribution in [3.05, 3.63) is 102 Å². The van der Waals surface area contributed by atoms with Crippen LogP contribution in [0.15, 0.2) is 96.1 Å². The Bertz CT molecular complexity index is 1190. The summed E-state index contributed by atoms with van der Waals surface area (Å²) < 4.78 is 5.53. The van der Waals surface area contributed by atoms with Crippen molar-refractivity contribution in [1.29, 1.82) is 0 Å². The van der Waals surface area contributed by atoms with Gasteiger partial charge in [-0.3, -0.25) is 14.6 Å². The maximum Gasteiger partial charge on any atom is 0.355 e. The molecule has 36 heavy (non-hydrogen) atoms. The second-order valence-electron chi connectivity index (χ2n) is 8.56. The van der Waals surface area contributed by atoms with Crippen molar-refractivity contribution < 1.29 is 19.1 Å². The molecular formula is C28H28N4O4. The fraction of sp³-hybridized carbons (Fsp3) is 0.214. The van der Waals surface area contributed by atoms with Crippen LogP contribution in [0.5, 0.6) is 0 Å². The first-order chi connectivity index (χ1) is 17.4. The molecule has 0 bridgehead atoms. The molecule has 0 saturated carbocycles. The quantitative estimate of drug-likeness (QED) is 0.470. The maximum absolute atomic E-state index is 13.4. The predicted octanol–water partition coefficient (Wildman–Crippen LogP) is 3.27. The molecule has 0 saturated heterocycles. The van der Waals surface area contributed by atoms with Crippen LogP contribution in [0.2, 0.25) is 0 Å². The molecule has 1 aliphatic heterocycles. The second-order valence-corrected chi connectivity index (χ2v) is 8.56. The third-order valence-electron chi connectivity index (χ3n) is 5.87. The van der Waals surface area contributed by atoms with Crippen LogP contribution < -0.4 is 10.7 Å².